The highest BCUT2D eigenvalue weighted by atomic mass is 16.5. The molecule has 0 radical (unpaired) electrons. The average Bonchev–Trinajstić information content (AvgIpc) is 3.25. The molecule has 2 aromatic carbocycles. The van der Waals surface area contributed by atoms with Crippen LogP contribution in [0.5, 0.6) is 0 Å². The van der Waals surface area contributed by atoms with E-state index in [9.17, 15) is 19.2 Å². The van der Waals surface area contributed by atoms with E-state index in [-0.39, 0.29) is 23.8 Å². The molecule has 0 aliphatic carbocycles. The molecule has 0 bridgehead atoms. The van der Waals surface area contributed by atoms with E-state index in [1.807, 2.05) is 18.2 Å². The minimum atomic E-state index is -0.795. The van der Waals surface area contributed by atoms with Crippen molar-refractivity contribution in [1.29, 1.82) is 0 Å². The summed E-state index contributed by atoms with van der Waals surface area (Å²) in [4.78, 5) is 50.5. The maximum atomic E-state index is 13.0. The number of carbonyl (C=O) groups excluding carboxylic acids is 4. The Bertz CT molecular complexity index is 1230. The summed E-state index contributed by atoms with van der Waals surface area (Å²) < 4.78 is 9.83. The number of nitrogens with zero attached hydrogens (tertiary/aromatic N) is 1. The molecule has 0 fully saturated rings. The number of fused-ring (bicyclic) bond motifs is 1. The van der Waals surface area contributed by atoms with Crippen molar-refractivity contribution in [3.63, 3.8) is 0 Å². The predicted molar refractivity (Wildman–Crippen MR) is 139 cm³/mol. The third kappa shape index (κ3) is 6.24. The molecule has 0 saturated heterocycles. The molecule has 37 heavy (non-hydrogen) atoms. The first-order chi connectivity index (χ1) is 17.7. The van der Waals surface area contributed by atoms with E-state index in [1.54, 1.807) is 24.3 Å². The molecule has 1 aliphatic heterocycles. The summed E-state index contributed by atoms with van der Waals surface area (Å²) in [5, 5.41) is 5.02. The first-order valence-electron chi connectivity index (χ1n) is 12.0. The van der Waals surface area contributed by atoms with Gasteiger partial charge in [-0.1, -0.05) is 64.1 Å². The number of nitrogens with one attached hydrogen (secondary N) is 2. The second-order valence-electron chi connectivity index (χ2n) is 8.58. The topological polar surface area (TPSA) is 114 Å². The number of amides is 3. The van der Waals surface area contributed by atoms with Crippen LogP contribution in [-0.2, 0) is 25.6 Å². The van der Waals surface area contributed by atoms with Gasteiger partial charge in [0.1, 0.15) is 11.4 Å². The molecule has 0 aromatic heterocycles. The van der Waals surface area contributed by atoms with Gasteiger partial charge in [-0.15, -0.1) is 0 Å². The van der Waals surface area contributed by atoms with E-state index in [0.717, 1.165) is 29.5 Å². The van der Waals surface area contributed by atoms with E-state index in [1.165, 1.54) is 12.0 Å². The van der Waals surface area contributed by atoms with Crippen LogP contribution in [0.3, 0.4) is 0 Å². The molecule has 1 heterocycles. The molecule has 194 valence electrons. The van der Waals surface area contributed by atoms with Gasteiger partial charge in [-0.05, 0) is 40.8 Å². The summed E-state index contributed by atoms with van der Waals surface area (Å²) in [7, 11) is 1.17. The molecule has 1 aliphatic rings. The van der Waals surface area contributed by atoms with Crippen molar-refractivity contribution in [2.75, 3.05) is 19.0 Å². The summed E-state index contributed by atoms with van der Waals surface area (Å²) in [5.41, 5.74) is 3.03. The number of esters is 1. The van der Waals surface area contributed by atoms with Gasteiger partial charge in [0.05, 0.1) is 20.3 Å². The number of carbonyl (C=O) groups is 4. The maximum absolute atomic E-state index is 13.0. The Morgan fingerprint density at radius 3 is 2.30 bits per heavy atom. The number of hydrogen-bond acceptors (Lipinski definition) is 6. The number of hydrogen-bond donors (Lipinski definition) is 2. The van der Waals surface area contributed by atoms with Crippen LogP contribution in [0.25, 0.3) is 11.1 Å². The Morgan fingerprint density at radius 1 is 1.03 bits per heavy atom. The van der Waals surface area contributed by atoms with Gasteiger partial charge < -0.3 is 14.8 Å². The number of ether oxygens (including phenoxy) is 2. The normalized spacial score (nSPS) is 12.1. The second kappa shape index (κ2) is 12.0. The highest BCUT2D eigenvalue weighted by Gasteiger charge is 2.33. The molecular weight excluding hydrogens is 474 g/mol. The van der Waals surface area contributed by atoms with E-state index in [2.05, 4.69) is 42.4 Å². The third-order valence-corrected chi connectivity index (χ3v) is 6.30. The Hall–Kier alpha value is -4.40. The van der Waals surface area contributed by atoms with Crippen LogP contribution in [0.4, 0.5) is 10.5 Å². The van der Waals surface area contributed by atoms with Crippen molar-refractivity contribution in [2.24, 2.45) is 5.92 Å². The SMILES string of the molecule is C=C(NC(=O)C(=C)N1Cc2c(cccc2-c2ccc(NC(=O)OCC(CC)CC)cc2)C1=O)C(=O)OC. The summed E-state index contributed by atoms with van der Waals surface area (Å²) in [6.45, 7) is 11.8. The third-order valence-electron chi connectivity index (χ3n) is 6.30. The molecule has 0 saturated carbocycles. The van der Waals surface area contributed by atoms with Crippen LogP contribution >= 0.6 is 0 Å². The van der Waals surface area contributed by atoms with Gasteiger partial charge in [0, 0.05) is 11.3 Å². The van der Waals surface area contributed by atoms with Crippen molar-refractivity contribution in [3.05, 3.63) is 78.1 Å². The lowest BCUT2D eigenvalue weighted by Crippen LogP contribution is -2.36. The summed E-state index contributed by atoms with van der Waals surface area (Å²) >= 11 is 0. The van der Waals surface area contributed by atoms with Crippen LogP contribution in [0, 0.1) is 5.92 Å². The highest BCUT2D eigenvalue weighted by Crippen LogP contribution is 2.34. The van der Waals surface area contributed by atoms with Crippen LogP contribution in [0.15, 0.2) is 67.0 Å². The largest absolute Gasteiger partial charge is 0.464 e. The fourth-order valence-corrected chi connectivity index (χ4v) is 3.93. The van der Waals surface area contributed by atoms with E-state index < -0.39 is 18.0 Å². The van der Waals surface area contributed by atoms with Crippen LogP contribution in [0.2, 0.25) is 0 Å². The zero-order valence-electron chi connectivity index (χ0n) is 21.3. The minimum absolute atomic E-state index is 0.122. The van der Waals surface area contributed by atoms with Gasteiger partial charge in [-0.25, -0.2) is 9.59 Å². The summed E-state index contributed by atoms with van der Waals surface area (Å²) in [5.74, 6) is -1.56. The van der Waals surface area contributed by atoms with E-state index in [4.69, 9.17) is 4.74 Å². The van der Waals surface area contributed by atoms with E-state index >= 15 is 0 Å². The summed E-state index contributed by atoms with van der Waals surface area (Å²) in [6.07, 6.45) is 1.38. The fraction of sp³-hybridized carbons (Fsp3) is 0.286. The zero-order chi connectivity index (χ0) is 27.1. The van der Waals surface area contributed by atoms with Gasteiger partial charge in [0.15, 0.2) is 0 Å². The van der Waals surface area contributed by atoms with Crippen LogP contribution in [0.1, 0.15) is 42.6 Å². The monoisotopic (exact) mass is 505 g/mol. The van der Waals surface area contributed by atoms with Gasteiger partial charge >= 0.3 is 12.1 Å². The van der Waals surface area contributed by atoms with E-state index in [0.29, 0.717) is 23.8 Å². The molecule has 2 N–H and O–H groups in total. The van der Waals surface area contributed by atoms with Crippen molar-refractivity contribution >= 4 is 29.6 Å². The van der Waals surface area contributed by atoms with Crippen molar-refractivity contribution < 1.29 is 28.7 Å². The van der Waals surface area contributed by atoms with Crippen LogP contribution < -0.4 is 10.6 Å². The van der Waals surface area contributed by atoms with Crippen molar-refractivity contribution in [1.82, 2.24) is 10.2 Å². The first kappa shape index (κ1) is 27.2. The molecule has 3 amide bonds. The summed E-state index contributed by atoms with van der Waals surface area (Å²) in [6, 6.07) is 12.5. The van der Waals surface area contributed by atoms with Gasteiger partial charge in [-0.3, -0.25) is 19.8 Å². The Kier molecular flexibility index (Phi) is 8.84. The fourth-order valence-electron chi connectivity index (χ4n) is 3.93. The molecule has 2 aromatic rings. The smallest absolute Gasteiger partial charge is 0.411 e. The molecule has 3 rings (SSSR count). The number of benzene rings is 2. The lowest BCUT2D eigenvalue weighted by atomic mass is 9.97. The lowest BCUT2D eigenvalue weighted by molar-refractivity contribution is -0.137. The molecule has 9 nitrogen and oxygen atoms in total. The van der Waals surface area contributed by atoms with Gasteiger partial charge in [-0.2, -0.15) is 0 Å². The lowest BCUT2D eigenvalue weighted by Gasteiger charge is -2.18. The number of rotatable bonds is 10. The highest BCUT2D eigenvalue weighted by molar-refractivity contribution is 6.07. The first-order valence-corrected chi connectivity index (χ1v) is 12.0. The Morgan fingerprint density at radius 2 is 1.68 bits per heavy atom. The van der Waals surface area contributed by atoms with Gasteiger partial charge in [0.25, 0.3) is 11.8 Å². The number of methoxy groups -OCH3 is 1. The standard InChI is InChI=1S/C28H31N3O6/c1-6-19(7-2)16-37-28(35)30-21-13-11-20(12-14-21)22-9-8-10-23-24(22)15-31(26(23)33)18(4)25(32)29-17(3)27(34)36-5/h8-14,19H,3-4,6-7,15-16H2,1-2,5H3,(H,29,32)(H,30,35). The minimum Gasteiger partial charge on any atom is -0.464 e. The zero-order valence-corrected chi connectivity index (χ0v) is 21.3. The molecule has 0 atom stereocenters. The number of anilines is 1. The average molecular weight is 506 g/mol. The molecular formula is C28H31N3O6. The van der Waals surface area contributed by atoms with Gasteiger partial charge in [0.2, 0.25) is 0 Å². The van der Waals surface area contributed by atoms with Crippen molar-refractivity contribution in [2.45, 2.75) is 33.2 Å². The quantitative estimate of drug-likeness (QED) is 0.360. The van der Waals surface area contributed by atoms with Crippen molar-refractivity contribution in [3.8, 4) is 11.1 Å². The van der Waals surface area contributed by atoms with Crippen LogP contribution in [-0.4, -0.2) is 42.5 Å². The molecule has 0 spiro atoms. The maximum Gasteiger partial charge on any atom is 0.411 e. The Labute approximate surface area is 216 Å². The molecule has 0 unspecified atom stereocenters. The second-order valence-corrected chi connectivity index (χ2v) is 8.58. The predicted octanol–water partition coefficient (Wildman–Crippen LogP) is 4.61. The Balaban J connectivity index is 1.71. The molecule has 9 heteroatoms.